The van der Waals surface area contributed by atoms with Gasteiger partial charge in [0.2, 0.25) is 0 Å². The Balaban J connectivity index is 1.79. The van der Waals surface area contributed by atoms with E-state index in [1.165, 1.54) is 25.7 Å². The largest absolute Gasteiger partial charge is 0.379 e. The van der Waals surface area contributed by atoms with Crippen molar-refractivity contribution in [2.45, 2.75) is 42.2 Å². The monoisotopic (exact) mass is 201 g/mol. The van der Waals surface area contributed by atoms with Gasteiger partial charge in [-0.2, -0.15) is 0 Å². The lowest BCUT2D eigenvalue weighted by Crippen LogP contribution is -2.42. The molecular weight excluding hydrogens is 182 g/mol. The van der Waals surface area contributed by atoms with Gasteiger partial charge in [0.15, 0.2) is 0 Å². The zero-order chi connectivity index (χ0) is 9.10. The van der Waals surface area contributed by atoms with E-state index in [1.54, 1.807) is 0 Å². The molecule has 1 saturated carbocycles. The quantitative estimate of drug-likeness (QED) is 0.750. The lowest BCUT2D eigenvalue weighted by atomic mass is 9.95. The molecule has 2 fully saturated rings. The number of ether oxygens (including phenoxy) is 1. The minimum Gasteiger partial charge on any atom is -0.379 e. The molecule has 0 aromatic rings. The van der Waals surface area contributed by atoms with Gasteiger partial charge in [0.1, 0.15) is 0 Å². The van der Waals surface area contributed by atoms with Crippen LogP contribution in [-0.4, -0.2) is 36.8 Å². The smallest absolute Gasteiger partial charge is 0.0608 e. The van der Waals surface area contributed by atoms with Gasteiger partial charge >= 0.3 is 0 Å². The van der Waals surface area contributed by atoms with Crippen LogP contribution in [0, 0.1) is 0 Å². The lowest BCUT2D eigenvalue weighted by molar-refractivity contribution is 0.0451. The highest BCUT2D eigenvalue weighted by Gasteiger charge is 2.29. The van der Waals surface area contributed by atoms with E-state index in [9.17, 15) is 0 Å². The molecule has 0 aromatic carbocycles. The first kappa shape index (κ1) is 9.81. The minimum atomic E-state index is 0.749. The van der Waals surface area contributed by atoms with Crippen LogP contribution < -0.4 is 5.32 Å². The van der Waals surface area contributed by atoms with Crippen LogP contribution in [0.15, 0.2) is 0 Å². The Bertz CT molecular complexity index is 161. The van der Waals surface area contributed by atoms with E-state index >= 15 is 0 Å². The van der Waals surface area contributed by atoms with Gasteiger partial charge in [0, 0.05) is 11.3 Å². The molecule has 2 atom stereocenters. The summed E-state index contributed by atoms with van der Waals surface area (Å²) in [4.78, 5) is 0. The predicted octanol–water partition coefficient (Wildman–Crippen LogP) is 1.65. The molecule has 1 saturated heterocycles. The van der Waals surface area contributed by atoms with Crippen molar-refractivity contribution >= 4 is 11.8 Å². The number of rotatable bonds is 3. The highest BCUT2D eigenvalue weighted by atomic mass is 32.2. The fourth-order valence-electron chi connectivity index (χ4n) is 2.13. The van der Waals surface area contributed by atoms with Crippen molar-refractivity contribution in [1.82, 2.24) is 5.32 Å². The normalized spacial score (nSPS) is 35.8. The average Bonchev–Trinajstić information content (AvgIpc) is 2.12. The van der Waals surface area contributed by atoms with Gasteiger partial charge in [-0.3, -0.25) is 0 Å². The standard InChI is InChI=1S/C10H19NOS/c1-11-9-4-2-3-5-10(9)13-8-6-12-7-8/h8-11H,2-7H2,1H3. The Kier molecular flexibility index (Phi) is 3.52. The fraction of sp³-hybridized carbons (Fsp3) is 1.00. The maximum absolute atomic E-state index is 5.20. The number of hydrogen-bond donors (Lipinski definition) is 1. The van der Waals surface area contributed by atoms with Crippen LogP contribution in [0.5, 0.6) is 0 Å². The van der Waals surface area contributed by atoms with Gasteiger partial charge in [0.25, 0.3) is 0 Å². The van der Waals surface area contributed by atoms with Crippen LogP contribution in [0.3, 0.4) is 0 Å². The van der Waals surface area contributed by atoms with Crippen molar-refractivity contribution in [2.24, 2.45) is 0 Å². The van der Waals surface area contributed by atoms with E-state index in [-0.39, 0.29) is 0 Å². The second-order valence-electron chi connectivity index (χ2n) is 4.01. The molecule has 0 spiro atoms. The maximum Gasteiger partial charge on any atom is 0.0608 e. The molecular formula is C10H19NOS. The van der Waals surface area contributed by atoms with Crippen LogP contribution >= 0.6 is 11.8 Å². The molecule has 2 rings (SSSR count). The summed E-state index contributed by atoms with van der Waals surface area (Å²) in [5, 5.41) is 5.08. The van der Waals surface area contributed by atoms with E-state index in [0.29, 0.717) is 0 Å². The van der Waals surface area contributed by atoms with Crippen molar-refractivity contribution in [3.8, 4) is 0 Å². The molecule has 0 bridgehead atoms. The first-order valence-corrected chi connectivity index (χ1v) is 6.25. The van der Waals surface area contributed by atoms with E-state index in [4.69, 9.17) is 4.74 Å². The molecule has 76 valence electrons. The van der Waals surface area contributed by atoms with Gasteiger partial charge in [0.05, 0.1) is 18.5 Å². The summed E-state index contributed by atoms with van der Waals surface area (Å²) in [5.41, 5.74) is 0. The van der Waals surface area contributed by atoms with E-state index in [0.717, 1.165) is 29.8 Å². The molecule has 0 aromatic heterocycles. The highest BCUT2D eigenvalue weighted by Crippen LogP contribution is 2.33. The van der Waals surface area contributed by atoms with Crippen molar-refractivity contribution in [3.63, 3.8) is 0 Å². The Morgan fingerprint density at radius 1 is 1.23 bits per heavy atom. The third-order valence-electron chi connectivity index (χ3n) is 3.05. The average molecular weight is 201 g/mol. The molecule has 2 aliphatic rings. The van der Waals surface area contributed by atoms with Crippen LogP contribution in [0.2, 0.25) is 0 Å². The van der Waals surface area contributed by atoms with Crippen molar-refractivity contribution < 1.29 is 4.74 Å². The van der Waals surface area contributed by atoms with E-state index < -0.39 is 0 Å². The van der Waals surface area contributed by atoms with Crippen LogP contribution in [-0.2, 0) is 4.74 Å². The molecule has 3 heteroatoms. The van der Waals surface area contributed by atoms with Gasteiger partial charge in [-0.1, -0.05) is 12.8 Å². The summed E-state index contributed by atoms with van der Waals surface area (Å²) >= 11 is 2.15. The summed E-state index contributed by atoms with van der Waals surface area (Å²) in [6.45, 7) is 1.97. The SMILES string of the molecule is CNC1CCCCC1SC1COC1. The molecule has 1 heterocycles. The summed E-state index contributed by atoms with van der Waals surface area (Å²) in [5.74, 6) is 0. The Morgan fingerprint density at radius 3 is 2.62 bits per heavy atom. The van der Waals surface area contributed by atoms with Crippen LogP contribution in [0.4, 0.5) is 0 Å². The Morgan fingerprint density at radius 2 is 2.00 bits per heavy atom. The zero-order valence-corrected chi connectivity index (χ0v) is 9.11. The molecule has 0 amide bonds. The molecule has 1 aliphatic heterocycles. The van der Waals surface area contributed by atoms with Crippen molar-refractivity contribution in [3.05, 3.63) is 0 Å². The second-order valence-corrected chi connectivity index (χ2v) is 5.56. The minimum absolute atomic E-state index is 0.749. The van der Waals surface area contributed by atoms with Gasteiger partial charge in [-0.15, -0.1) is 11.8 Å². The molecule has 0 radical (unpaired) electrons. The fourth-order valence-corrected chi connectivity index (χ4v) is 3.74. The van der Waals surface area contributed by atoms with Gasteiger partial charge in [-0.25, -0.2) is 0 Å². The molecule has 1 aliphatic carbocycles. The summed E-state index contributed by atoms with van der Waals surface area (Å²) in [6.07, 6.45) is 5.58. The number of thioether (sulfide) groups is 1. The molecule has 2 nitrogen and oxygen atoms in total. The molecule has 13 heavy (non-hydrogen) atoms. The summed E-state index contributed by atoms with van der Waals surface area (Å²) < 4.78 is 5.20. The second kappa shape index (κ2) is 4.67. The van der Waals surface area contributed by atoms with Crippen LogP contribution in [0.25, 0.3) is 0 Å². The number of hydrogen-bond acceptors (Lipinski definition) is 3. The van der Waals surface area contributed by atoms with Gasteiger partial charge < -0.3 is 10.1 Å². The van der Waals surface area contributed by atoms with Crippen LogP contribution in [0.1, 0.15) is 25.7 Å². The van der Waals surface area contributed by atoms with Crippen molar-refractivity contribution in [2.75, 3.05) is 20.3 Å². The summed E-state index contributed by atoms with van der Waals surface area (Å²) in [7, 11) is 2.10. The summed E-state index contributed by atoms with van der Waals surface area (Å²) in [6, 6.07) is 0.749. The third kappa shape index (κ3) is 2.39. The third-order valence-corrected chi connectivity index (χ3v) is 4.62. The first-order valence-electron chi connectivity index (χ1n) is 5.30. The lowest BCUT2D eigenvalue weighted by Gasteiger charge is -2.36. The van der Waals surface area contributed by atoms with Gasteiger partial charge in [-0.05, 0) is 19.9 Å². The highest BCUT2D eigenvalue weighted by molar-refractivity contribution is 8.00. The predicted molar refractivity (Wildman–Crippen MR) is 57.3 cm³/mol. The van der Waals surface area contributed by atoms with E-state index in [2.05, 4.69) is 24.1 Å². The zero-order valence-electron chi connectivity index (χ0n) is 8.29. The Hall–Kier alpha value is 0.270. The van der Waals surface area contributed by atoms with E-state index in [1.807, 2.05) is 0 Å². The first-order chi connectivity index (χ1) is 6.40. The molecule has 1 N–H and O–H groups in total. The van der Waals surface area contributed by atoms with Crippen molar-refractivity contribution in [1.29, 1.82) is 0 Å². The Labute approximate surface area is 84.8 Å². The maximum atomic E-state index is 5.20. The topological polar surface area (TPSA) is 21.3 Å². The molecule has 2 unspecified atom stereocenters. The number of nitrogens with one attached hydrogen (secondary N) is 1.